The van der Waals surface area contributed by atoms with Crippen LogP contribution in [0.1, 0.15) is 19.4 Å². The van der Waals surface area contributed by atoms with E-state index in [1.807, 2.05) is 24.8 Å². The number of anilines is 2. The summed E-state index contributed by atoms with van der Waals surface area (Å²) < 4.78 is 11.3. The molecule has 1 fully saturated rings. The highest BCUT2D eigenvalue weighted by molar-refractivity contribution is 5.66. The van der Waals surface area contributed by atoms with Crippen LogP contribution in [-0.2, 0) is 11.2 Å². The van der Waals surface area contributed by atoms with Gasteiger partial charge < -0.3 is 25.2 Å². The molecule has 1 atom stereocenters. The molecule has 0 aromatic carbocycles. The molecule has 1 aromatic rings. The van der Waals surface area contributed by atoms with E-state index in [2.05, 4.69) is 4.98 Å². The van der Waals surface area contributed by atoms with Gasteiger partial charge in [-0.25, -0.2) is 0 Å². The van der Waals surface area contributed by atoms with E-state index in [1.165, 1.54) is 0 Å². The largest absolute Gasteiger partial charge is 0.471 e. The van der Waals surface area contributed by atoms with E-state index in [4.69, 9.17) is 15.2 Å². The van der Waals surface area contributed by atoms with Crippen LogP contribution in [0.25, 0.3) is 0 Å². The van der Waals surface area contributed by atoms with E-state index in [1.54, 1.807) is 0 Å². The minimum absolute atomic E-state index is 0.0184. The van der Waals surface area contributed by atoms with E-state index < -0.39 is 0 Å². The first-order valence-corrected chi connectivity index (χ1v) is 6.94. The van der Waals surface area contributed by atoms with Crippen molar-refractivity contribution >= 4 is 11.5 Å². The number of rotatable bonds is 2. The zero-order valence-electron chi connectivity index (χ0n) is 11.9. The molecule has 20 heavy (non-hydrogen) atoms. The van der Waals surface area contributed by atoms with E-state index >= 15 is 0 Å². The maximum atomic E-state index is 9.47. The first-order valence-electron chi connectivity index (χ1n) is 6.94. The number of nitrogens with zero attached hydrogens (tertiary/aromatic N) is 2. The van der Waals surface area contributed by atoms with Gasteiger partial charge in [-0.15, -0.1) is 0 Å². The number of nitrogens with two attached hydrogens (primary N) is 1. The number of hydrogen-bond acceptors (Lipinski definition) is 6. The molecule has 3 heterocycles. The second-order valence-electron chi connectivity index (χ2n) is 6.01. The second-order valence-corrected chi connectivity index (χ2v) is 6.01. The normalized spacial score (nSPS) is 24.4. The monoisotopic (exact) mass is 279 g/mol. The highest BCUT2D eigenvalue weighted by Gasteiger charge is 2.34. The van der Waals surface area contributed by atoms with Crippen molar-refractivity contribution < 1.29 is 14.6 Å². The van der Waals surface area contributed by atoms with Crippen molar-refractivity contribution in [3.05, 3.63) is 11.6 Å². The summed E-state index contributed by atoms with van der Waals surface area (Å²) in [6, 6.07) is 1.84. The average Bonchev–Trinajstić information content (AvgIpc) is 2.70. The predicted octanol–water partition coefficient (Wildman–Crippen LogP) is 0.575. The molecule has 0 saturated carbocycles. The molecular weight excluding hydrogens is 258 g/mol. The Morgan fingerprint density at radius 2 is 2.35 bits per heavy atom. The van der Waals surface area contributed by atoms with Crippen molar-refractivity contribution in [2.75, 3.05) is 37.0 Å². The SMILES string of the molecule is CC1(C)Cc2cc(N)c(N3CCOCC3CO)nc2O1. The second kappa shape index (κ2) is 4.79. The lowest BCUT2D eigenvalue weighted by atomic mass is 10.0. The van der Waals surface area contributed by atoms with Gasteiger partial charge in [-0.05, 0) is 19.9 Å². The van der Waals surface area contributed by atoms with Crippen molar-refractivity contribution in [3.63, 3.8) is 0 Å². The van der Waals surface area contributed by atoms with E-state index in [0.717, 1.165) is 12.0 Å². The van der Waals surface area contributed by atoms with Crippen LogP contribution in [0.5, 0.6) is 5.88 Å². The number of pyridine rings is 1. The Morgan fingerprint density at radius 1 is 1.55 bits per heavy atom. The van der Waals surface area contributed by atoms with E-state index in [0.29, 0.717) is 37.1 Å². The minimum atomic E-state index is -0.234. The Hall–Kier alpha value is -1.53. The molecule has 110 valence electrons. The third-order valence-corrected chi connectivity index (χ3v) is 3.77. The van der Waals surface area contributed by atoms with Gasteiger partial charge in [0.25, 0.3) is 0 Å². The molecule has 6 nitrogen and oxygen atoms in total. The molecule has 0 bridgehead atoms. The van der Waals surface area contributed by atoms with Crippen molar-refractivity contribution in [2.45, 2.75) is 31.9 Å². The van der Waals surface area contributed by atoms with Crippen LogP contribution < -0.4 is 15.4 Å². The van der Waals surface area contributed by atoms with Crippen LogP contribution in [0.2, 0.25) is 0 Å². The maximum Gasteiger partial charge on any atom is 0.219 e. The number of aliphatic hydroxyl groups excluding tert-OH is 1. The van der Waals surface area contributed by atoms with Gasteiger partial charge in [0.2, 0.25) is 5.88 Å². The Balaban J connectivity index is 1.95. The van der Waals surface area contributed by atoms with Crippen molar-refractivity contribution in [1.29, 1.82) is 0 Å². The Bertz CT molecular complexity index is 519. The van der Waals surface area contributed by atoms with E-state index in [-0.39, 0.29) is 18.2 Å². The first kappa shape index (κ1) is 13.5. The zero-order chi connectivity index (χ0) is 14.3. The molecule has 1 unspecified atom stereocenters. The number of nitrogen functional groups attached to an aromatic ring is 1. The quantitative estimate of drug-likeness (QED) is 0.824. The van der Waals surface area contributed by atoms with Crippen molar-refractivity contribution in [1.82, 2.24) is 4.98 Å². The predicted molar refractivity (Wildman–Crippen MR) is 76.1 cm³/mol. The van der Waals surface area contributed by atoms with Gasteiger partial charge in [-0.1, -0.05) is 0 Å². The fraction of sp³-hybridized carbons (Fsp3) is 0.643. The zero-order valence-corrected chi connectivity index (χ0v) is 11.9. The van der Waals surface area contributed by atoms with Gasteiger partial charge in [0.15, 0.2) is 5.82 Å². The number of hydrogen-bond donors (Lipinski definition) is 2. The highest BCUT2D eigenvalue weighted by Crippen LogP contribution is 2.38. The third-order valence-electron chi connectivity index (χ3n) is 3.77. The van der Waals surface area contributed by atoms with Crippen LogP contribution in [-0.4, -0.2) is 48.1 Å². The molecule has 0 spiro atoms. The fourth-order valence-electron chi connectivity index (χ4n) is 2.83. The number of aromatic nitrogens is 1. The molecule has 3 rings (SSSR count). The summed E-state index contributed by atoms with van der Waals surface area (Å²) >= 11 is 0. The lowest BCUT2D eigenvalue weighted by Crippen LogP contribution is -2.48. The number of fused-ring (bicyclic) bond motifs is 1. The summed E-state index contributed by atoms with van der Waals surface area (Å²) in [6.45, 7) is 5.86. The van der Waals surface area contributed by atoms with Gasteiger partial charge in [-0.2, -0.15) is 4.98 Å². The lowest BCUT2D eigenvalue weighted by molar-refractivity contribution is 0.0721. The summed E-state index contributed by atoms with van der Waals surface area (Å²) in [4.78, 5) is 6.59. The van der Waals surface area contributed by atoms with Gasteiger partial charge >= 0.3 is 0 Å². The summed E-state index contributed by atoms with van der Waals surface area (Å²) in [7, 11) is 0. The Morgan fingerprint density at radius 3 is 3.10 bits per heavy atom. The first-order chi connectivity index (χ1) is 9.50. The van der Waals surface area contributed by atoms with Crippen LogP contribution >= 0.6 is 0 Å². The molecule has 0 radical (unpaired) electrons. The van der Waals surface area contributed by atoms with Crippen molar-refractivity contribution in [2.24, 2.45) is 0 Å². The molecule has 0 aliphatic carbocycles. The molecule has 6 heteroatoms. The summed E-state index contributed by atoms with van der Waals surface area (Å²) in [5.41, 5.74) is 7.59. The topological polar surface area (TPSA) is 80.8 Å². The molecule has 3 N–H and O–H groups in total. The molecule has 2 aliphatic rings. The smallest absolute Gasteiger partial charge is 0.219 e. The van der Waals surface area contributed by atoms with Gasteiger partial charge in [0, 0.05) is 18.5 Å². The number of ether oxygens (including phenoxy) is 2. The summed E-state index contributed by atoms with van der Waals surface area (Å²) in [5.74, 6) is 1.34. The molecule has 1 aromatic heterocycles. The van der Waals surface area contributed by atoms with Gasteiger partial charge in [0.1, 0.15) is 5.60 Å². The third kappa shape index (κ3) is 2.29. The summed E-state index contributed by atoms with van der Waals surface area (Å²) in [6.07, 6.45) is 0.812. The molecule has 1 saturated heterocycles. The summed E-state index contributed by atoms with van der Waals surface area (Å²) in [5, 5.41) is 9.47. The van der Waals surface area contributed by atoms with Crippen LogP contribution in [0.15, 0.2) is 6.07 Å². The van der Waals surface area contributed by atoms with E-state index in [9.17, 15) is 5.11 Å². The van der Waals surface area contributed by atoms with Crippen LogP contribution in [0, 0.1) is 0 Å². The van der Waals surface area contributed by atoms with Crippen molar-refractivity contribution in [3.8, 4) is 5.88 Å². The van der Waals surface area contributed by atoms with Crippen LogP contribution in [0.4, 0.5) is 11.5 Å². The average molecular weight is 279 g/mol. The Labute approximate surface area is 118 Å². The van der Waals surface area contributed by atoms with Crippen LogP contribution in [0.3, 0.4) is 0 Å². The number of aliphatic hydroxyl groups is 1. The maximum absolute atomic E-state index is 9.47. The van der Waals surface area contributed by atoms with Gasteiger partial charge in [0.05, 0.1) is 31.5 Å². The highest BCUT2D eigenvalue weighted by atomic mass is 16.5. The number of morpholine rings is 1. The van der Waals surface area contributed by atoms with Gasteiger partial charge in [-0.3, -0.25) is 0 Å². The minimum Gasteiger partial charge on any atom is -0.471 e. The molecular formula is C14H21N3O3. The fourth-order valence-corrected chi connectivity index (χ4v) is 2.83. The molecule has 2 aliphatic heterocycles. The standard InChI is InChI=1S/C14H21N3O3/c1-14(2)6-9-5-11(15)12(16-13(9)20-14)17-3-4-19-8-10(17)7-18/h5,10,18H,3-4,6-8,15H2,1-2H3. The Kier molecular flexibility index (Phi) is 3.22. The molecule has 0 amide bonds. The lowest BCUT2D eigenvalue weighted by Gasteiger charge is -2.36.